The average molecular weight is 357 g/mol. The highest BCUT2D eigenvalue weighted by molar-refractivity contribution is 5.78. The summed E-state index contributed by atoms with van der Waals surface area (Å²) in [6, 6.07) is 11.0. The van der Waals surface area contributed by atoms with E-state index in [2.05, 4.69) is 10.2 Å². The van der Waals surface area contributed by atoms with E-state index in [9.17, 15) is 4.79 Å². The Labute approximate surface area is 152 Å². The van der Waals surface area contributed by atoms with Gasteiger partial charge in [0.05, 0.1) is 12.8 Å². The van der Waals surface area contributed by atoms with Gasteiger partial charge in [-0.1, -0.05) is 12.1 Å². The molecule has 1 fully saturated rings. The minimum absolute atomic E-state index is 0.00463. The van der Waals surface area contributed by atoms with E-state index in [1.165, 1.54) is 0 Å². The van der Waals surface area contributed by atoms with Crippen molar-refractivity contribution in [3.05, 3.63) is 42.1 Å². The molecule has 1 aromatic heterocycles. The molecule has 0 saturated carbocycles. The van der Waals surface area contributed by atoms with Crippen LogP contribution in [0.2, 0.25) is 0 Å². The number of rotatable bonds is 6. The standard InChI is InChI=1S/C19H23N3O4/c1-14-7-8-18(21-20-14)26-15-9-11-22(12-10-15)19(23)13-25-17-6-4-3-5-16(17)24-2/h3-8,15H,9-13H2,1-2H3. The van der Waals surface area contributed by atoms with E-state index in [-0.39, 0.29) is 18.6 Å². The molecule has 1 aromatic carbocycles. The van der Waals surface area contributed by atoms with Gasteiger partial charge in [-0.25, -0.2) is 0 Å². The van der Waals surface area contributed by atoms with Gasteiger partial charge in [0, 0.05) is 32.0 Å². The highest BCUT2D eigenvalue weighted by Crippen LogP contribution is 2.26. The van der Waals surface area contributed by atoms with Crippen molar-refractivity contribution in [1.29, 1.82) is 0 Å². The van der Waals surface area contributed by atoms with Crippen molar-refractivity contribution in [2.75, 3.05) is 26.8 Å². The van der Waals surface area contributed by atoms with Crippen molar-refractivity contribution >= 4 is 5.91 Å². The Balaban J connectivity index is 1.45. The molecule has 3 rings (SSSR count). The van der Waals surface area contributed by atoms with Crippen LogP contribution in [0.5, 0.6) is 17.4 Å². The van der Waals surface area contributed by atoms with E-state index in [0.29, 0.717) is 30.5 Å². The molecule has 1 saturated heterocycles. The van der Waals surface area contributed by atoms with Crippen LogP contribution in [0.4, 0.5) is 0 Å². The van der Waals surface area contributed by atoms with Crippen molar-refractivity contribution in [1.82, 2.24) is 15.1 Å². The predicted octanol–water partition coefficient (Wildman–Crippen LogP) is 2.24. The minimum atomic E-state index is -0.0375. The second-order valence-corrected chi connectivity index (χ2v) is 6.15. The molecule has 26 heavy (non-hydrogen) atoms. The highest BCUT2D eigenvalue weighted by Gasteiger charge is 2.24. The largest absolute Gasteiger partial charge is 0.493 e. The first-order chi connectivity index (χ1) is 12.7. The summed E-state index contributed by atoms with van der Waals surface area (Å²) in [5, 5.41) is 8.01. The maximum atomic E-state index is 12.4. The molecular formula is C19H23N3O4. The molecule has 0 bridgehead atoms. The third-order valence-electron chi connectivity index (χ3n) is 4.28. The lowest BCUT2D eigenvalue weighted by Crippen LogP contribution is -2.43. The van der Waals surface area contributed by atoms with Crippen LogP contribution >= 0.6 is 0 Å². The third kappa shape index (κ3) is 4.62. The van der Waals surface area contributed by atoms with Crippen LogP contribution in [0.25, 0.3) is 0 Å². The number of benzene rings is 1. The smallest absolute Gasteiger partial charge is 0.260 e. The molecule has 7 nitrogen and oxygen atoms in total. The maximum Gasteiger partial charge on any atom is 0.260 e. The monoisotopic (exact) mass is 357 g/mol. The van der Waals surface area contributed by atoms with Crippen molar-refractivity contribution in [3.8, 4) is 17.4 Å². The summed E-state index contributed by atoms with van der Waals surface area (Å²) in [4.78, 5) is 14.2. The van der Waals surface area contributed by atoms with Gasteiger partial charge in [-0.2, -0.15) is 5.10 Å². The van der Waals surface area contributed by atoms with E-state index in [1.54, 1.807) is 24.1 Å². The molecule has 2 aromatic rings. The van der Waals surface area contributed by atoms with E-state index >= 15 is 0 Å². The number of hydrogen-bond acceptors (Lipinski definition) is 6. The van der Waals surface area contributed by atoms with Crippen molar-refractivity contribution in [2.45, 2.75) is 25.9 Å². The normalized spacial score (nSPS) is 14.8. The fourth-order valence-electron chi connectivity index (χ4n) is 2.81. The second-order valence-electron chi connectivity index (χ2n) is 6.15. The maximum absolute atomic E-state index is 12.4. The first-order valence-electron chi connectivity index (χ1n) is 8.66. The summed E-state index contributed by atoms with van der Waals surface area (Å²) in [7, 11) is 1.58. The van der Waals surface area contributed by atoms with Crippen molar-refractivity contribution in [3.63, 3.8) is 0 Å². The molecule has 7 heteroatoms. The number of amides is 1. The predicted molar refractivity (Wildman–Crippen MR) is 95.5 cm³/mol. The number of methoxy groups -OCH3 is 1. The molecule has 138 valence electrons. The molecule has 1 aliphatic heterocycles. The van der Waals surface area contributed by atoms with Crippen LogP contribution in [0.1, 0.15) is 18.5 Å². The highest BCUT2D eigenvalue weighted by atomic mass is 16.5. The molecular weight excluding hydrogens is 334 g/mol. The van der Waals surface area contributed by atoms with Gasteiger partial charge in [0.1, 0.15) is 6.10 Å². The number of carbonyl (C=O) groups is 1. The summed E-state index contributed by atoms with van der Waals surface area (Å²) in [6.45, 7) is 3.15. The number of ether oxygens (including phenoxy) is 3. The van der Waals surface area contributed by atoms with Gasteiger partial charge in [0.25, 0.3) is 5.91 Å². The molecule has 0 N–H and O–H groups in total. The number of carbonyl (C=O) groups excluding carboxylic acids is 1. The molecule has 0 atom stereocenters. The van der Waals surface area contributed by atoms with E-state index < -0.39 is 0 Å². The van der Waals surface area contributed by atoms with Gasteiger partial charge in [-0.15, -0.1) is 5.10 Å². The van der Waals surface area contributed by atoms with Gasteiger partial charge in [-0.3, -0.25) is 4.79 Å². The zero-order valence-electron chi connectivity index (χ0n) is 15.1. The number of piperidine rings is 1. The average Bonchev–Trinajstić information content (AvgIpc) is 2.68. The fourth-order valence-corrected chi connectivity index (χ4v) is 2.81. The lowest BCUT2D eigenvalue weighted by molar-refractivity contribution is -0.135. The lowest BCUT2D eigenvalue weighted by Gasteiger charge is -2.31. The zero-order chi connectivity index (χ0) is 18.4. The van der Waals surface area contributed by atoms with Gasteiger partial charge in [0.15, 0.2) is 18.1 Å². The molecule has 0 aliphatic carbocycles. The number of para-hydroxylation sites is 2. The molecule has 1 amide bonds. The number of nitrogens with zero attached hydrogens (tertiary/aromatic N) is 3. The van der Waals surface area contributed by atoms with Crippen LogP contribution in [-0.2, 0) is 4.79 Å². The summed E-state index contributed by atoms with van der Waals surface area (Å²) < 4.78 is 16.7. The van der Waals surface area contributed by atoms with Gasteiger partial charge >= 0.3 is 0 Å². The lowest BCUT2D eigenvalue weighted by atomic mass is 10.1. The Morgan fingerprint density at radius 2 is 1.85 bits per heavy atom. The SMILES string of the molecule is COc1ccccc1OCC(=O)N1CCC(Oc2ccc(C)nn2)CC1. The molecule has 1 aliphatic rings. The Kier molecular flexibility index (Phi) is 5.88. The number of aromatic nitrogens is 2. The van der Waals surface area contributed by atoms with E-state index in [0.717, 1.165) is 18.5 Å². The van der Waals surface area contributed by atoms with Gasteiger partial charge < -0.3 is 19.1 Å². The Hall–Kier alpha value is -2.83. The topological polar surface area (TPSA) is 73.8 Å². The molecule has 0 unspecified atom stereocenters. The van der Waals surface area contributed by atoms with Crippen LogP contribution < -0.4 is 14.2 Å². The first-order valence-corrected chi connectivity index (χ1v) is 8.66. The Morgan fingerprint density at radius 1 is 1.12 bits per heavy atom. The van der Waals surface area contributed by atoms with Gasteiger partial charge in [0.2, 0.25) is 5.88 Å². The second kappa shape index (κ2) is 8.51. The van der Waals surface area contributed by atoms with Gasteiger partial charge in [-0.05, 0) is 25.1 Å². The Bertz CT molecular complexity index is 728. The van der Waals surface area contributed by atoms with Crippen molar-refractivity contribution in [2.24, 2.45) is 0 Å². The zero-order valence-corrected chi connectivity index (χ0v) is 15.1. The number of aryl methyl sites for hydroxylation is 1. The van der Waals surface area contributed by atoms with Crippen LogP contribution in [-0.4, -0.2) is 53.9 Å². The minimum Gasteiger partial charge on any atom is -0.493 e. The quantitative estimate of drug-likeness (QED) is 0.789. The summed E-state index contributed by atoms with van der Waals surface area (Å²) in [6.07, 6.45) is 1.57. The fraction of sp³-hybridized carbons (Fsp3) is 0.421. The van der Waals surface area contributed by atoms with Crippen LogP contribution in [0, 0.1) is 6.92 Å². The Morgan fingerprint density at radius 3 is 2.50 bits per heavy atom. The summed E-state index contributed by atoms with van der Waals surface area (Å²) in [5.41, 5.74) is 0.854. The molecule has 0 spiro atoms. The number of likely N-dealkylation sites (tertiary alicyclic amines) is 1. The molecule has 2 heterocycles. The molecule has 0 radical (unpaired) electrons. The van der Waals surface area contributed by atoms with Crippen molar-refractivity contribution < 1.29 is 19.0 Å². The first kappa shape index (κ1) is 18.0. The van der Waals surface area contributed by atoms with Crippen LogP contribution in [0.3, 0.4) is 0 Å². The van der Waals surface area contributed by atoms with E-state index in [4.69, 9.17) is 14.2 Å². The van der Waals surface area contributed by atoms with Crippen LogP contribution in [0.15, 0.2) is 36.4 Å². The summed E-state index contributed by atoms with van der Waals surface area (Å²) in [5.74, 6) is 1.68. The summed E-state index contributed by atoms with van der Waals surface area (Å²) >= 11 is 0. The number of hydrogen-bond donors (Lipinski definition) is 0. The third-order valence-corrected chi connectivity index (χ3v) is 4.28. The van der Waals surface area contributed by atoms with E-state index in [1.807, 2.05) is 31.2 Å².